The Bertz CT molecular complexity index is 310. The monoisotopic (exact) mass is 364 g/mol. The van der Waals surface area contributed by atoms with E-state index in [9.17, 15) is 13.5 Å². The molecule has 5 heteroatoms. The van der Waals surface area contributed by atoms with E-state index in [-0.39, 0.29) is 12.7 Å². The van der Waals surface area contributed by atoms with Gasteiger partial charge in [-0.1, -0.05) is 90.4 Å². The van der Waals surface area contributed by atoms with Gasteiger partial charge in [-0.3, -0.25) is 4.18 Å². The van der Waals surface area contributed by atoms with Gasteiger partial charge in [-0.25, -0.2) is 8.42 Å². The van der Waals surface area contributed by atoms with Gasteiger partial charge in [0.05, 0.1) is 12.7 Å². The van der Waals surface area contributed by atoms with Crippen molar-refractivity contribution in [1.82, 2.24) is 0 Å². The van der Waals surface area contributed by atoms with Crippen molar-refractivity contribution in [2.45, 2.75) is 116 Å². The molecule has 0 heterocycles. The van der Waals surface area contributed by atoms with Crippen LogP contribution in [0.4, 0.5) is 0 Å². The van der Waals surface area contributed by atoms with Gasteiger partial charge in [-0.05, 0) is 19.3 Å². The fraction of sp³-hybridized carbons (Fsp3) is 1.00. The van der Waals surface area contributed by atoms with E-state index in [1.54, 1.807) is 0 Å². The lowest BCUT2D eigenvalue weighted by Crippen LogP contribution is -2.07. The lowest BCUT2D eigenvalue weighted by molar-refractivity contribution is 0.141. The maximum atomic E-state index is 10.2. The van der Waals surface area contributed by atoms with Crippen molar-refractivity contribution in [2.75, 3.05) is 6.61 Å². The average molecular weight is 365 g/mol. The Kier molecular flexibility index (Phi) is 19.1. The molecule has 0 aromatic heterocycles. The molecular weight excluding hydrogens is 324 g/mol. The van der Waals surface area contributed by atoms with Crippen molar-refractivity contribution in [3.63, 3.8) is 0 Å². The Labute approximate surface area is 151 Å². The molecule has 0 rings (SSSR count). The second kappa shape index (κ2) is 19.2. The first kappa shape index (κ1) is 23.9. The quantitative estimate of drug-likeness (QED) is 0.246. The number of aliphatic hydroxyl groups excluding tert-OH is 1. The molecule has 24 heavy (non-hydrogen) atoms. The van der Waals surface area contributed by atoms with Crippen molar-refractivity contribution in [3.8, 4) is 0 Å². The molecule has 1 unspecified atom stereocenters. The Morgan fingerprint density at radius 3 is 1.58 bits per heavy atom. The van der Waals surface area contributed by atoms with E-state index in [0.29, 0.717) is 12.8 Å². The topological polar surface area (TPSA) is 63.6 Å². The second-order valence-corrected chi connectivity index (χ2v) is 7.59. The van der Waals surface area contributed by atoms with Crippen LogP contribution in [0.2, 0.25) is 0 Å². The summed E-state index contributed by atoms with van der Waals surface area (Å²) < 4.78 is 24.9. The fourth-order valence-corrected chi connectivity index (χ4v) is 3.28. The van der Waals surface area contributed by atoms with Gasteiger partial charge in [0.1, 0.15) is 0 Å². The first-order valence-electron chi connectivity index (χ1n) is 10.1. The Balaban J connectivity index is 3.13. The minimum absolute atomic E-state index is 0.189. The van der Waals surface area contributed by atoms with E-state index < -0.39 is 11.0 Å². The molecule has 0 aromatic carbocycles. The summed E-state index contributed by atoms with van der Waals surface area (Å²) in [5.41, 5.74) is 0. The summed E-state index contributed by atoms with van der Waals surface area (Å²) >= 11 is 0. The van der Waals surface area contributed by atoms with E-state index in [1.807, 2.05) is 0 Å². The molecule has 0 spiro atoms. The zero-order valence-corrected chi connectivity index (χ0v) is 16.6. The van der Waals surface area contributed by atoms with Gasteiger partial charge in [-0.2, -0.15) is 0 Å². The van der Waals surface area contributed by atoms with Crippen molar-refractivity contribution >= 4 is 11.0 Å². The number of unbranched alkanes of at least 4 members (excludes halogenated alkanes) is 12. The van der Waals surface area contributed by atoms with E-state index in [0.717, 1.165) is 12.8 Å². The molecule has 0 saturated carbocycles. The molecule has 0 fully saturated rings. The molecule has 146 valence electrons. The molecule has 0 aliphatic carbocycles. The fourth-order valence-electron chi connectivity index (χ4n) is 3.00. The van der Waals surface area contributed by atoms with E-state index in [1.165, 1.54) is 77.0 Å². The largest absolute Gasteiger partial charge is 0.393 e. The van der Waals surface area contributed by atoms with Gasteiger partial charge < -0.3 is 5.11 Å². The molecule has 0 radical (unpaired) electrons. The third-order valence-corrected chi connectivity index (χ3v) is 4.91. The van der Waals surface area contributed by atoms with Crippen molar-refractivity contribution in [1.29, 1.82) is 0 Å². The first-order valence-corrected chi connectivity index (χ1v) is 11.2. The Morgan fingerprint density at radius 2 is 1.12 bits per heavy atom. The van der Waals surface area contributed by atoms with Gasteiger partial charge in [-0.15, -0.1) is 0 Å². The SMILES string of the molecule is CCCCCCCCCCCCCCCC(O)CCCO[SH](=O)=O. The van der Waals surface area contributed by atoms with Gasteiger partial charge in [0.25, 0.3) is 11.0 Å². The highest BCUT2D eigenvalue weighted by molar-refractivity contribution is 7.67. The summed E-state index contributed by atoms with van der Waals surface area (Å²) in [4.78, 5) is 0. The molecule has 0 amide bonds. The van der Waals surface area contributed by atoms with Crippen LogP contribution in [-0.4, -0.2) is 26.2 Å². The van der Waals surface area contributed by atoms with Crippen molar-refractivity contribution in [2.24, 2.45) is 0 Å². The molecule has 0 bridgehead atoms. The maximum Gasteiger partial charge on any atom is 0.257 e. The first-order chi connectivity index (χ1) is 11.7. The summed E-state index contributed by atoms with van der Waals surface area (Å²) in [5.74, 6) is 0. The lowest BCUT2D eigenvalue weighted by atomic mass is 10.0. The molecule has 1 atom stereocenters. The van der Waals surface area contributed by atoms with Crippen molar-refractivity contribution in [3.05, 3.63) is 0 Å². The van der Waals surface area contributed by atoms with Crippen LogP contribution >= 0.6 is 0 Å². The third-order valence-electron chi connectivity index (χ3n) is 4.52. The highest BCUT2D eigenvalue weighted by atomic mass is 32.2. The van der Waals surface area contributed by atoms with Gasteiger partial charge in [0.2, 0.25) is 0 Å². The van der Waals surface area contributed by atoms with Gasteiger partial charge >= 0.3 is 0 Å². The van der Waals surface area contributed by atoms with Crippen LogP contribution in [0.5, 0.6) is 0 Å². The van der Waals surface area contributed by atoms with Crippen LogP contribution < -0.4 is 0 Å². The smallest absolute Gasteiger partial charge is 0.257 e. The summed E-state index contributed by atoms with van der Waals surface area (Å²) in [6.45, 7) is 2.45. The van der Waals surface area contributed by atoms with Crippen LogP contribution in [0.15, 0.2) is 0 Å². The van der Waals surface area contributed by atoms with Gasteiger partial charge in [0, 0.05) is 0 Å². The average Bonchev–Trinajstić information content (AvgIpc) is 2.55. The minimum atomic E-state index is -2.74. The van der Waals surface area contributed by atoms with Crippen LogP contribution in [0.3, 0.4) is 0 Å². The number of rotatable bonds is 19. The number of hydrogen-bond donors (Lipinski definition) is 2. The zero-order chi connectivity index (χ0) is 17.9. The van der Waals surface area contributed by atoms with E-state index in [2.05, 4.69) is 11.1 Å². The van der Waals surface area contributed by atoms with Gasteiger partial charge in [0.15, 0.2) is 0 Å². The predicted octanol–water partition coefficient (Wildman–Crippen LogP) is 5.15. The zero-order valence-electron chi connectivity index (χ0n) is 15.7. The predicted molar refractivity (Wildman–Crippen MR) is 102 cm³/mol. The molecule has 0 saturated heterocycles. The highest BCUT2D eigenvalue weighted by Gasteiger charge is 2.04. The number of aliphatic hydroxyl groups is 1. The lowest BCUT2D eigenvalue weighted by Gasteiger charge is -2.09. The van der Waals surface area contributed by atoms with E-state index >= 15 is 0 Å². The third kappa shape index (κ3) is 19.9. The number of thiol groups is 1. The highest BCUT2D eigenvalue weighted by Crippen LogP contribution is 2.14. The maximum absolute atomic E-state index is 10.2. The summed E-state index contributed by atoms with van der Waals surface area (Å²) in [5, 5.41) is 9.79. The summed E-state index contributed by atoms with van der Waals surface area (Å²) in [6, 6.07) is 0. The Morgan fingerprint density at radius 1 is 0.708 bits per heavy atom. The molecular formula is C19H40O4S. The normalized spacial score (nSPS) is 12.8. The molecule has 0 aliphatic heterocycles. The minimum Gasteiger partial charge on any atom is -0.393 e. The number of hydrogen-bond acceptors (Lipinski definition) is 4. The molecule has 0 aromatic rings. The van der Waals surface area contributed by atoms with Crippen LogP contribution in [0.1, 0.15) is 110 Å². The van der Waals surface area contributed by atoms with E-state index in [4.69, 9.17) is 0 Å². The standard InChI is InChI=1S/C19H40O4S/c1-2-3-4-5-6-7-8-9-10-11-12-13-14-16-19(20)17-15-18-23-24(21)22/h19-20,24H,2-18H2,1H3. The van der Waals surface area contributed by atoms with Crippen LogP contribution in [0, 0.1) is 0 Å². The summed E-state index contributed by atoms with van der Waals surface area (Å²) in [6.07, 6.45) is 19.0. The molecule has 1 N–H and O–H groups in total. The van der Waals surface area contributed by atoms with Crippen LogP contribution in [-0.2, 0) is 15.2 Å². The molecule has 4 nitrogen and oxygen atoms in total. The summed E-state index contributed by atoms with van der Waals surface area (Å²) in [7, 11) is -2.74. The Hall–Kier alpha value is -0.130. The van der Waals surface area contributed by atoms with Crippen LogP contribution in [0.25, 0.3) is 0 Å². The second-order valence-electron chi connectivity index (χ2n) is 6.88. The van der Waals surface area contributed by atoms with Crippen molar-refractivity contribution < 1.29 is 17.7 Å². The molecule has 0 aliphatic rings.